The van der Waals surface area contributed by atoms with Gasteiger partial charge in [0.1, 0.15) is 6.10 Å². The van der Waals surface area contributed by atoms with Crippen LogP contribution in [0.1, 0.15) is 39.3 Å². The number of hydrogen-bond acceptors (Lipinski definition) is 5. The monoisotopic (exact) mass is 323 g/mol. The first kappa shape index (κ1) is 16.4. The fourth-order valence-electron chi connectivity index (χ4n) is 3.06. The molecule has 1 amide bonds. The molecule has 0 spiro atoms. The molecule has 2 saturated heterocycles. The maximum absolute atomic E-state index is 12.2. The van der Waals surface area contributed by atoms with E-state index in [2.05, 4.69) is 10.4 Å². The van der Waals surface area contributed by atoms with Crippen LogP contribution < -0.4 is 5.32 Å². The minimum absolute atomic E-state index is 0.00275. The minimum Gasteiger partial charge on any atom is -0.365 e. The number of ether oxygens (including phenoxy) is 3. The van der Waals surface area contributed by atoms with Crippen molar-refractivity contribution in [2.24, 2.45) is 7.05 Å². The number of carbonyl (C=O) groups is 1. The highest BCUT2D eigenvalue weighted by molar-refractivity contribution is 5.93. The molecule has 1 aromatic rings. The molecule has 1 N–H and O–H groups in total. The van der Waals surface area contributed by atoms with Crippen LogP contribution in [0, 0.1) is 0 Å². The summed E-state index contributed by atoms with van der Waals surface area (Å²) in [5, 5.41) is 7.19. The zero-order valence-electron chi connectivity index (χ0n) is 14.2. The smallest absolute Gasteiger partial charge is 0.254 e. The van der Waals surface area contributed by atoms with Crippen molar-refractivity contribution in [2.75, 3.05) is 11.9 Å². The Bertz CT molecular complexity index is 584. The highest BCUT2D eigenvalue weighted by Gasteiger charge is 2.33. The van der Waals surface area contributed by atoms with E-state index in [0.29, 0.717) is 18.8 Å². The lowest BCUT2D eigenvalue weighted by Gasteiger charge is -2.16. The molecular weight excluding hydrogens is 298 g/mol. The molecule has 7 nitrogen and oxygen atoms in total. The quantitative estimate of drug-likeness (QED) is 0.911. The summed E-state index contributed by atoms with van der Waals surface area (Å²) in [6, 6.07) is 1.88. The van der Waals surface area contributed by atoms with Crippen LogP contribution in [0.3, 0.4) is 0 Å². The number of aryl methyl sites for hydroxylation is 1. The van der Waals surface area contributed by atoms with Gasteiger partial charge in [0.2, 0.25) is 0 Å². The molecule has 2 aliphatic heterocycles. The molecule has 2 aliphatic rings. The molecule has 128 valence electrons. The lowest BCUT2D eigenvalue weighted by atomic mass is 10.2. The van der Waals surface area contributed by atoms with E-state index in [0.717, 1.165) is 18.5 Å². The van der Waals surface area contributed by atoms with Crippen molar-refractivity contribution in [2.45, 2.75) is 64.1 Å². The fraction of sp³-hybridized carbons (Fsp3) is 0.750. The van der Waals surface area contributed by atoms with Crippen LogP contribution >= 0.6 is 0 Å². The minimum atomic E-state index is -0.531. The summed E-state index contributed by atoms with van der Waals surface area (Å²) in [6.45, 7) is 6.36. The third kappa shape index (κ3) is 3.91. The molecule has 23 heavy (non-hydrogen) atoms. The van der Waals surface area contributed by atoms with E-state index in [4.69, 9.17) is 14.2 Å². The first-order valence-corrected chi connectivity index (χ1v) is 8.13. The number of hydrogen-bond donors (Lipinski definition) is 1. The molecule has 0 radical (unpaired) electrons. The van der Waals surface area contributed by atoms with Crippen LogP contribution in [0.25, 0.3) is 0 Å². The molecule has 0 aromatic carbocycles. The van der Waals surface area contributed by atoms with E-state index in [1.54, 1.807) is 4.68 Å². The first-order chi connectivity index (χ1) is 10.8. The van der Waals surface area contributed by atoms with Gasteiger partial charge in [0.05, 0.1) is 18.8 Å². The molecule has 2 fully saturated rings. The van der Waals surface area contributed by atoms with Crippen LogP contribution in [0.15, 0.2) is 6.07 Å². The molecule has 3 heterocycles. The third-order valence-corrected chi connectivity index (χ3v) is 4.26. The van der Waals surface area contributed by atoms with Gasteiger partial charge < -0.3 is 19.5 Å². The summed E-state index contributed by atoms with van der Waals surface area (Å²) in [7, 11) is 1.86. The van der Waals surface area contributed by atoms with Crippen LogP contribution in [-0.2, 0) is 32.5 Å². The SMILES string of the molecule is CC1CCC(C(=O)Nc2cc(CC3COC(C)(C)O3)n(C)n2)O1. The van der Waals surface area contributed by atoms with Gasteiger partial charge in [-0.25, -0.2) is 0 Å². The number of amides is 1. The second-order valence-electron chi connectivity index (χ2n) is 6.80. The van der Waals surface area contributed by atoms with E-state index in [-0.39, 0.29) is 24.2 Å². The fourth-order valence-corrected chi connectivity index (χ4v) is 3.06. The Kier molecular flexibility index (Phi) is 4.44. The summed E-state index contributed by atoms with van der Waals surface area (Å²) < 4.78 is 18.7. The highest BCUT2D eigenvalue weighted by Crippen LogP contribution is 2.25. The first-order valence-electron chi connectivity index (χ1n) is 8.13. The van der Waals surface area contributed by atoms with Crippen molar-refractivity contribution in [3.05, 3.63) is 11.8 Å². The third-order valence-electron chi connectivity index (χ3n) is 4.26. The molecule has 0 aliphatic carbocycles. The van der Waals surface area contributed by atoms with Gasteiger partial charge in [-0.05, 0) is 33.6 Å². The molecule has 3 rings (SSSR count). The second-order valence-corrected chi connectivity index (χ2v) is 6.80. The summed E-state index contributed by atoms with van der Waals surface area (Å²) in [5.74, 6) is -0.106. The molecule has 1 aromatic heterocycles. The van der Waals surface area contributed by atoms with Crippen molar-refractivity contribution < 1.29 is 19.0 Å². The normalized spacial score (nSPS) is 29.8. The van der Waals surface area contributed by atoms with Crippen molar-refractivity contribution in [1.29, 1.82) is 0 Å². The Labute approximate surface area is 136 Å². The Balaban J connectivity index is 1.59. The Morgan fingerprint density at radius 1 is 1.48 bits per heavy atom. The van der Waals surface area contributed by atoms with Gasteiger partial charge >= 0.3 is 0 Å². The van der Waals surface area contributed by atoms with E-state index in [9.17, 15) is 4.79 Å². The number of rotatable bonds is 4. The van der Waals surface area contributed by atoms with Gasteiger partial charge in [-0.1, -0.05) is 0 Å². The van der Waals surface area contributed by atoms with Crippen LogP contribution in [0.2, 0.25) is 0 Å². The number of anilines is 1. The van der Waals surface area contributed by atoms with E-state index < -0.39 is 5.79 Å². The average Bonchev–Trinajstić information content (AvgIpc) is 3.12. The zero-order chi connectivity index (χ0) is 16.6. The Hall–Kier alpha value is -1.44. The molecule has 0 bridgehead atoms. The van der Waals surface area contributed by atoms with E-state index in [1.807, 2.05) is 33.9 Å². The second kappa shape index (κ2) is 6.22. The Morgan fingerprint density at radius 2 is 2.26 bits per heavy atom. The lowest BCUT2D eigenvalue weighted by Crippen LogP contribution is -2.27. The predicted molar refractivity (Wildman–Crippen MR) is 84.0 cm³/mol. The van der Waals surface area contributed by atoms with Crippen LogP contribution in [0.4, 0.5) is 5.82 Å². The van der Waals surface area contributed by atoms with Crippen LogP contribution in [0.5, 0.6) is 0 Å². The molecule has 0 saturated carbocycles. The van der Waals surface area contributed by atoms with Crippen molar-refractivity contribution in [3.63, 3.8) is 0 Å². The summed E-state index contributed by atoms with van der Waals surface area (Å²) in [5.41, 5.74) is 0.993. The number of nitrogens with one attached hydrogen (secondary N) is 1. The topological polar surface area (TPSA) is 74.6 Å². The summed E-state index contributed by atoms with van der Waals surface area (Å²) in [6.07, 6.45) is 2.15. The maximum Gasteiger partial charge on any atom is 0.254 e. The Morgan fingerprint density at radius 3 is 2.87 bits per heavy atom. The van der Waals surface area contributed by atoms with Crippen molar-refractivity contribution >= 4 is 11.7 Å². The maximum atomic E-state index is 12.2. The van der Waals surface area contributed by atoms with Gasteiger partial charge in [0.25, 0.3) is 5.91 Å². The summed E-state index contributed by atoms with van der Waals surface area (Å²) >= 11 is 0. The zero-order valence-corrected chi connectivity index (χ0v) is 14.2. The van der Waals surface area contributed by atoms with E-state index >= 15 is 0 Å². The number of carbonyl (C=O) groups excluding carboxylic acids is 1. The summed E-state index contributed by atoms with van der Waals surface area (Å²) in [4.78, 5) is 12.2. The van der Waals surface area contributed by atoms with Gasteiger partial charge in [0, 0.05) is 25.2 Å². The number of nitrogens with zero attached hydrogens (tertiary/aromatic N) is 2. The standard InChI is InChI=1S/C16H25N3O4/c1-10-5-6-13(22-10)15(20)17-14-8-11(19(4)18-14)7-12-9-21-16(2,3)23-12/h8,10,12-13H,5-7,9H2,1-4H3,(H,17,18,20). The van der Waals surface area contributed by atoms with Crippen molar-refractivity contribution in [3.8, 4) is 0 Å². The average molecular weight is 323 g/mol. The lowest BCUT2D eigenvalue weighted by molar-refractivity contribution is -0.138. The largest absolute Gasteiger partial charge is 0.365 e. The van der Waals surface area contributed by atoms with Crippen molar-refractivity contribution in [1.82, 2.24) is 9.78 Å². The van der Waals surface area contributed by atoms with Crippen LogP contribution in [-0.4, -0.2) is 46.4 Å². The van der Waals surface area contributed by atoms with Gasteiger partial charge in [-0.2, -0.15) is 5.10 Å². The van der Waals surface area contributed by atoms with Gasteiger partial charge in [-0.3, -0.25) is 9.48 Å². The molecule has 7 heteroatoms. The molecular formula is C16H25N3O4. The number of aromatic nitrogens is 2. The van der Waals surface area contributed by atoms with Gasteiger partial charge in [0.15, 0.2) is 11.6 Å². The van der Waals surface area contributed by atoms with Gasteiger partial charge in [-0.15, -0.1) is 0 Å². The molecule has 3 unspecified atom stereocenters. The highest BCUT2D eigenvalue weighted by atomic mass is 16.7. The van der Waals surface area contributed by atoms with E-state index in [1.165, 1.54) is 0 Å². The predicted octanol–water partition coefficient (Wildman–Crippen LogP) is 1.62. The molecule has 3 atom stereocenters.